The number of aromatic hydroxyl groups is 1. The van der Waals surface area contributed by atoms with E-state index in [4.69, 9.17) is 16.3 Å². The van der Waals surface area contributed by atoms with Crippen molar-refractivity contribution in [3.63, 3.8) is 0 Å². The first kappa shape index (κ1) is 19.9. The van der Waals surface area contributed by atoms with Gasteiger partial charge in [-0.15, -0.1) is 0 Å². The maximum atomic E-state index is 11.3. The number of ether oxygens (including phenoxy) is 1. The Balaban J connectivity index is 1.85. The van der Waals surface area contributed by atoms with Crippen LogP contribution in [0.25, 0.3) is 0 Å². The zero-order chi connectivity index (χ0) is 19.6. The summed E-state index contributed by atoms with van der Waals surface area (Å²) in [6.07, 6.45) is 7.16. The number of carbonyl (C=O) groups is 1. The van der Waals surface area contributed by atoms with Gasteiger partial charge in [-0.05, 0) is 69.7 Å². The predicted molar refractivity (Wildman–Crippen MR) is 108 cm³/mol. The number of halogens is 1. The van der Waals surface area contributed by atoms with Crippen molar-refractivity contribution < 1.29 is 14.6 Å². The summed E-state index contributed by atoms with van der Waals surface area (Å²) in [7, 11) is 0. The number of rotatable bonds is 6. The molecule has 2 aliphatic rings. The minimum atomic E-state index is -0.232. The molecule has 5 nitrogen and oxygen atoms in total. The van der Waals surface area contributed by atoms with E-state index in [1.807, 2.05) is 0 Å². The number of aldehydes is 1. The molecule has 1 aliphatic heterocycles. The smallest absolute Gasteiger partial charge is 0.157 e. The molecule has 146 valence electrons. The molecule has 0 fully saturated rings. The van der Waals surface area contributed by atoms with E-state index in [0.29, 0.717) is 24.7 Å². The fraction of sp³-hybridized carbons (Fsp3) is 0.524. The van der Waals surface area contributed by atoms with Crippen LogP contribution in [0.2, 0.25) is 5.02 Å². The number of hydrogen-bond donors (Lipinski definition) is 1. The lowest BCUT2D eigenvalue weighted by molar-refractivity contribution is 0.111. The van der Waals surface area contributed by atoms with Crippen molar-refractivity contribution in [1.29, 1.82) is 0 Å². The minimum absolute atomic E-state index is 0.0975. The monoisotopic (exact) mass is 390 g/mol. The first-order valence-electron chi connectivity index (χ1n) is 9.55. The van der Waals surface area contributed by atoms with Gasteiger partial charge in [-0.25, -0.2) is 0 Å². The van der Waals surface area contributed by atoms with Gasteiger partial charge in [0.25, 0.3) is 0 Å². The summed E-state index contributed by atoms with van der Waals surface area (Å²) in [5.74, 6) is 0.128. The molecule has 27 heavy (non-hydrogen) atoms. The molecule has 0 bridgehead atoms. The number of carbonyl (C=O) groups excluding carboxylic acids is 1. The molecule has 3 rings (SSSR count). The lowest BCUT2D eigenvalue weighted by Gasteiger charge is -2.35. The zero-order valence-electron chi connectivity index (χ0n) is 16.1. The third-order valence-electron chi connectivity index (χ3n) is 5.43. The van der Waals surface area contributed by atoms with Crippen LogP contribution >= 0.6 is 11.6 Å². The largest absolute Gasteiger partial charge is 0.505 e. The highest BCUT2D eigenvalue weighted by molar-refractivity contribution is 6.32. The summed E-state index contributed by atoms with van der Waals surface area (Å²) in [6.45, 7) is 6.93. The SMILES string of the molecule is CC(C)N1C(C)N=CC1C1=C(COc2ccc(Cl)c(O)c2C=O)CCCC1. The summed E-state index contributed by atoms with van der Waals surface area (Å²) >= 11 is 5.89. The number of phenolic OH excluding ortho intramolecular Hbond substituents is 1. The van der Waals surface area contributed by atoms with Gasteiger partial charge in [0, 0.05) is 12.3 Å². The van der Waals surface area contributed by atoms with Crippen LogP contribution in [-0.4, -0.2) is 47.4 Å². The van der Waals surface area contributed by atoms with Crippen molar-refractivity contribution >= 4 is 24.1 Å². The van der Waals surface area contributed by atoms with Gasteiger partial charge in [0.2, 0.25) is 0 Å². The van der Waals surface area contributed by atoms with Gasteiger partial charge in [0.05, 0.1) is 22.8 Å². The Bertz CT molecular complexity index is 773. The first-order valence-corrected chi connectivity index (χ1v) is 9.92. The molecule has 2 atom stereocenters. The van der Waals surface area contributed by atoms with E-state index in [0.717, 1.165) is 19.3 Å². The van der Waals surface area contributed by atoms with E-state index >= 15 is 0 Å². The Morgan fingerprint density at radius 2 is 2.11 bits per heavy atom. The number of benzene rings is 1. The summed E-state index contributed by atoms with van der Waals surface area (Å²) in [4.78, 5) is 18.4. The Morgan fingerprint density at radius 3 is 2.81 bits per heavy atom. The number of phenols is 1. The van der Waals surface area contributed by atoms with Gasteiger partial charge >= 0.3 is 0 Å². The molecular formula is C21H27ClN2O3. The molecular weight excluding hydrogens is 364 g/mol. The molecule has 1 aliphatic carbocycles. The van der Waals surface area contributed by atoms with Crippen molar-refractivity contribution in [2.75, 3.05) is 6.61 Å². The third-order valence-corrected chi connectivity index (χ3v) is 5.73. The highest BCUT2D eigenvalue weighted by Crippen LogP contribution is 2.36. The van der Waals surface area contributed by atoms with Gasteiger partial charge in [0.15, 0.2) is 6.29 Å². The second-order valence-electron chi connectivity index (χ2n) is 7.47. The predicted octanol–water partition coefficient (Wildman–Crippen LogP) is 4.62. The Kier molecular flexibility index (Phi) is 6.22. The van der Waals surface area contributed by atoms with Crippen molar-refractivity contribution in [1.82, 2.24) is 4.90 Å². The van der Waals surface area contributed by atoms with E-state index in [1.54, 1.807) is 12.1 Å². The number of aliphatic imine (C=N–C) groups is 1. The zero-order valence-corrected chi connectivity index (χ0v) is 16.9. The topological polar surface area (TPSA) is 62.1 Å². The second-order valence-corrected chi connectivity index (χ2v) is 7.87. The second kappa shape index (κ2) is 8.44. The molecule has 1 aromatic carbocycles. The molecule has 0 spiro atoms. The molecule has 0 radical (unpaired) electrons. The first-order chi connectivity index (χ1) is 12.9. The molecule has 0 saturated heterocycles. The summed E-state index contributed by atoms with van der Waals surface area (Å²) in [6, 6.07) is 3.79. The van der Waals surface area contributed by atoms with Crippen molar-refractivity contribution in [3.05, 3.63) is 33.9 Å². The Hall–Kier alpha value is -1.85. The van der Waals surface area contributed by atoms with Crippen molar-refractivity contribution in [2.24, 2.45) is 4.99 Å². The average Bonchev–Trinajstić information content (AvgIpc) is 3.04. The lowest BCUT2D eigenvalue weighted by atomic mass is 9.87. The normalized spacial score (nSPS) is 23.3. The fourth-order valence-electron chi connectivity index (χ4n) is 4.10. The van der Waals surface area contributed by atoms with Crippen LogP contribution in [0.4, 0.5) is 0 Å². The molecule has 0 aromatic heterocycles. The van der Waals surface area contributed by atoms with E-state index < -0.39 is 0 Å². The van der Waals surface area contributed by atoms with E-state index in [2.05, 4.69) is 36.9 Å². The Labute approximate surface area is 165 Å². The quantitative estimate of drug-likeness (QED) is 0.568. The fourth-order valence-corrected chi connectivity index (χ4v) is 4.26. The summed E-state index contributed by atoms with van der Waals surface area (Å²) < 4.78 is 5.94. The van der Waals surface area contributed by atoms with Crippen LogP contribution in [0.15, 0.2) is 28.3 Å². The van der Waals surface area contributed by atoms with E-state index in [9.17, 15) is 9.90 Å². The molecule has 2 unspecified atom stereocenters. The number of hydrogen-bond acceptors (Lipinski definition) is 5. The molecule has 0 amide bonds. The molecule has 1 aromatic rings. The van der Waals surface area contributed by atoms with Crippen LogP contribution in [0, 0.1) is 0 Å². The molecule has 1 heterocycles. The van der Waals surface area contributed by atoms with E-state index in [-0.39, 0.29) is 28.5 Å². The summed E-state index contributed by atoms with van der Waals surface area (Å²) in [5.41, 5.74) is 2.75. The Morgan fingerprint density at radius 1 is 1.37 bits per heavy atom. The van der Waals surface area contributed by atoms with Gasteiger partial charge in [-0.2, -0.15) is 0 Å². The number of nitrogens with zero attached hydrogens (tertiary/aromatic N) is 2. The maximum Gasteiger partial charge on any atom is 0.157 e. The molecule has 6 heteroatoms. The standard InChI is InChI=1S/C21H27ClN2O3/c1-13(2)24-14(3)23-10-19(24)16-7-5-4-6-15(16)12-27-20-9-8-18(22)21(26)17(20)11-25/h8-11,13-14,19,26H,4-7,12H2,1-3H3. The molecule has 0 saturated carbocycles. The van der Waals surface area contributed by atoms with Gasteiger partial charge < -0.3 is 9.84 Å². The van der Waals surface area contributed by atoms with Gasteiger partial charge in [-0.3, -0.25) is 14.7 Å². The van der Waals surface area contributed by atoms with Crippen molar-refractivity contribution in [2.45, 2.75) is 64.7 Å². The minimum Gasteiger partial charge on any atom is -0.505 e. The van der Waals surface area contributed by atoms with Gasteiger partial charge in [0.1, 0.15) is 18.1 Å². The lowest BCUT2D eigenvalue weighted by Crippen LogP contribution is -2.43. The molecule has 1 N–H and O–H groups in total. The highest BCUT2D eigenvalue weighted by atomic mass is 35.5. The van der Waals surface area contributed by atoms with Crippen LogP contribution in [0.5, 0.6) is 11.5 Å². The van der Waals surface area contributed by atoms with Gasteiger partial charge in [-0.1, -0.05) is 11.6 Å². The highest BCUT2D eigenvalue weighted by Gasteiger charge is 2.33. The van der Waals surface area contributed by atoms with Crippen LogP contribution in [-0.2, 0) is 0 Å². The van der Waals surface area contributed by atoms with E-state index in [1.165, 1.54) is 17.6 Å². The average molecular weight is 391 g/mol. The van der Waals surface area contributed by atoms with Crippen molar-refractivity contribution in [3.8, 4) is 11.5 Å². The van der Waals surface area contributed by atoms with Crippen LogP contribution < -0.4 is 4.74 Å². The van der Waals surface area contributed by atoms with Crippen LogP contribution in [0.3, 0.4) is 0 Å². The van der Waals surface area contributed by atoms with Crippen LogP contribution in [0.1, 0.15) is 56.8 Å². The third kappa shape index (κ3) is 4.04. The maximum absolute atomic E-state index is 11.3. The summed E-state index contributed by atoms with van der Waals surface area (Å²) in [5, 5.41) is 10.1.